The SMILES string of the molecule is O=C(NCC#CCOc1cccc2ccccc12)C1(c2ccc(Cl)cc2)CCCC1. The molecule has 0 radical (unpaired) electrons. The lowest BCUT2D eigenvalue weighted by Gasteiger charge is -2.28. The minimum Gasteiger partial charge on any atom is -0.480 e. The van der Waals surface area contributed by atoms with E-state index in [2.05, 4.69) is 29.3 Å². The molecule has 1 N–H and O–H groups in total. The number of hydrogen-bond donors (Lipinski definition) is 1. The molecule has 0 spiro atoms. The van der Waals surface area contributed by atoms with Crippen LogP contribution < -0.4 is 10.1 Å². The summed E-state index contributed by atoms with van der Waals surface area (Å²) >= 11 is 6.02. The summed E-state index contributed by atoms with van der Waals surface area (Å²) in [5.41, 5.74) is 0.570. The van der Waals surface area contributed by atoms with Crippen molar-refractivity contribution >= 4 is 28.3 Å². The molecule has 1 aliphatic carbocycles. The van der Waals surface area contributed by atoms with Crippen LogP contribution in [0.4, 0.5) is 0 Å². The molecule has 30 heavy (non-hydrogen) atoms. The molecule has 0 bridgehead atoms. The Bertz CT molecular complexity index is 1080. The predicted octanol–water partition coefficient (Wildman–Crippen LogP) is 5.50. The normalized spacial score (nSPS) is 14.7. The monoisotopic (exact) mass is 417 g/mol. The first-order valence-electron chi connectivity index (χ1n) is 10.3. The van der Waals surface area contributed by atoms with Crippen LogP contribution in [0.25, 0.3) is 10.8 Å². The molecule has 1 aliphatic rings. The maximum atomic E-state index is 13.0. The third-order valence-corrected chi connectivity index (χ3v) is 6.05. The van der Waals surface area contributed by atoms with Gasteiger partial charge >= 0.3 is 0 Å². The molecule has 3 aromatic carbocycles. The van der Waals surface area contributed by atoms with E-state index < -0.39 is 5.41 Å². The highest BCUT2D eigenvalue weighted by Crippen LogP contribution is 2.41. The fourth-order valence-electron chi connectivity index (χ4n) is 4.24. The second-order valence-corrected chi connectivity index (χ2v) is 8.03. The Morgan fingerprint density at radius 2 is 1.70 bits per heavy atom. The Morgan fingerprint density at radius 3 is 2.50 bits per heavy atom. The minimum absolute atomic E-state index is 0.0478. The fourth-order valence-corrected chi connectivity index (χ4v) is 4.36. The molecule has 1 amide bonds. The predicted molar refractivity (Wildman–Crippen MR) is 122 cm³/mol. The summed E-state index contributed by atoms with van der Waals surface area (Å²) in [5.74, 6) is 6.87. The van der Waals surface area contributed by atoms with Gasteiger partial charge < -0.3 is 10.1 Å². The Labute approximate surface area is 182 Å². The summed E-state index contributed by atoms with van der Waals surface area (Å²) in [6.45, 7) is 0.597. The van der Waals surface area contributed by atoms with Crippen molar-refractivity contribution in [2.24, 2.45) is 0 Å². The average molecular weight is 418 g/mol. The average Bonchev–Trinajstić information content (AvgIpc) is 3.28. The van der Waals surface area contributed by atoms with E-state index in [1.807, 2.05) is 54.6 Å². The number of halogens is 1. The first-order valence-corrected chi connectivity index (χ1v) is 10.7. The summed E-state index contributed by atoms with van der Waals surface area (Å²) in [6, 6.07) is 21.7. The largest absolute Gasteiger partial charge is 0.480 e. The summed E-state index contributed by atoms with van der Waals surface area (Å²) in [6.07, 6.45) is 3.83. The number of carbonyl (C=O) groups excluding carboxylic acids is 1. The van der Waals surface area contributed by atoms with Gasteiger partial charge in [-0.3, -0.25) is 4.79 Å². The summed E-state index contributed by atoms with van der Waals surface area (Å²) < 4.78 is 5.83. The van der Waals surface area contributed by atoms with Gasteiger partial charge in [0, 0.05) is 10.4 Å². The van der Waals surface area contributed by atoms with Gasteiger partial charge in [0.2, 0.25) is 5.91 Å². The molecule has 0 heterocycles. The second kappa shape index (κ2) is 9.24. The van der Waals surface area contributed by atoms with Gasteiger partial charge in [0.25, 0.3) is 0 Å². The highest BCUT2D eigenvalue weighted by molar-refractivity contribution is 6.30. The second-order valence-electron chi connectivity index (χ2n) is 7.60. The number of carbonyl (C=O) groups is 1. The topological polar surface area (TPSA) is 38.3 Å². The molecule has 1 fully saturated rings. The van der Waals surface area contributed by atoms with Gasteiger partial charge in [0.05, 0.1) is 12.0 Å². The lowest BCUT2D eigenvalue weighted by Crippen LogP contribution is -2.42. The Balaban J connectivity index is 1.34. The van der Waals surface area contributed by atoms with Crippen molar-refractivity contribution in [2.45, 2.75) is 31.1 Å². The van der Waals surface area contributed by atoms with Gasteiger partial charge in [-0.05, 0) is 42.0 Å². The van der Waals surface area contributed by atoms with Crippen LogP contribution in [0.5, 0.6) is 5.75 Å². The Morgan fingerprint density at radius 1 is 0.967 bits per heavy atom. The van der Waals surface area contributed by atoms with E-state index in [0.717, 1.165) is 47.8 Å². The maximum Gasteiger partial charge on any atom is 0.231 e. The molecule has 0 unspecified atom stereocenters. The van der Waals surface area contributed by atoms with Gasteiger partial charge in [-0.2, -0.15) is 0 Å². The Kier molecular flexibility index (Phi) is 6.26. The highest BCUT2D eigenvalue weighted by Gasteiger charge is 2.42. The van der Waals surface area contributed by atoms with E-state index in [1.165, 1.54) is 0 Å². The maximum absolute atomic E-state index is 13.0. The van der Waals surface area contributed by atoms with Crippen LogP contribution in [0.2, 0.25) is 5.02 Å². The molecular formula is C26H24ClNO2. The van der Waals surface area contributed by atoms with Crippen LogP contribution in [0, 0.1) is 11.8 Å². The summed E-state index contributed by atoms with van der Waals surface area (Å²) in [5, 5.41) is 5.90. The van der Waals surface area contributed by atoms with Crippen molar-refractivity contribution < 1.29 is 9.53 Å². The van der Waals surface area contributed by atoms with Crippen LogP contribution in [0.3, 0.4) is 0 Å². The quantitative estimate of drug-likeness (QED) is 0.556. The zero-order valence-corrected chi connectivity index (χ0v) is 17.5. The van der Waals surface area contributed by atoms with Crippen molar-refractivity contribution in [3.63, 3.8) is 0 Å². The molecule has 0 aromatic heterocycles. The lowest BCUT2D eigenvalue weighted by atomic mass is 9.78. The molecule has 0 aliphatic heterocycles. The van der Waals surface area contributed by atoms with E-state index in [4.69, 9.17) is 16.3 Å². The summed E-state index contributed by atoms with van der Waals surface area (Å²) in [4.78, 5) is 13.0. The molecule has 4 rings (SSSR count). The van der Waals surface area contributed by atoms with Crippen molar-refractivity contribution in [1.82, 2.24) is 5.32 Å². The van der Waals surface area contributed by atoms with E-state index in [-0.39, 0.29) is 12.5 Å². The zero-order chi connectivity index (χ0) is 20.8. The van der Waals surface area contributed by atoms with Crippen LogP contribution >= 0.6 is 11.6 Å². The first kappa shape index (κ1) is 20.3. The third kappa shape index (κ3) is 4.30. The van der Waals surface area contributed by atoms with E-state index in [1.54, 1.807) is 0 Å². The van der Waals surface area contributed by atoms with Crippen LogP contribution in [0.1, 0.15) is 31.2 Å². The molecule has 0 saturated heterocycles. The number of fused-ring (bicyclic) bond motifs is 1. The van der Waals surface area contributed by atoms with Gasteiger partial charge in [-0.15, -0.1) is 0 Å². The standard InChI is InChI=1S/C26H24ClNO2/c27-22-14-12-21(13-15-22)26(16-3-4-17-26)25(29)28-18-5-6-19-30-24-11-7-9-20-8-1-2-10-23(20)24/h1-2,7-15H,3-4,16-19H2,(H,28,29). The number of benzene rings is 3. The van der Waals surface area contributed by atoms with Gasteiger partial charge in [-0.25, -0.2) is 0 Å². The highest BCUT2D eigenvalue weighted by atomic mass is 35.5. The number of nitrogens with one attached hydrogen (secondary N) is 1. The van der Waals surface area contributed by atoms with Crippen molar-refractivity contribution in [1.29, 1.82) is 0 Å². The minimum atomic E-state index is -0.467. The van der Waals surface area contributed by atoms with E-state index >= 15 is 0 Å². The van der Waals surface area contributed by atoms with E-state index in [0.29, 0.717) is 11.6 Å². The molecule has 3 nitrogen and oxygen atoms in total. The lowest BCUT2D eigenvalue weighted by molar-refractivity contribution is -0.126. The first-order chi connectivity index (χ1) is 14.7. The molecular weight excluding hydrogens is 394 g/mol. The van der Waals surface area contributed by atoms with Gasteiger partial charge in [0.1, 0.15) is 12.4 Å². The molecule has 0 atom stereocenters. The Hall–Kier alpha value is -2.96. The fraction of sp³-hybridized carbons (Fsp3) is 0.269. The smallest absolute Gasteiger partial charge is 0.231 e. The zero-order valence-electron chi connectivity index (χ0n) is 16.8. The molecule has 3 aromatic rings. The van der Waals surface area contributed by atoms with Crippen LogP contribution in [0.15, 0.2) is 66.7 Å². The number of amides is 1. The third-order valence-electron chi connectivity index (χ3n) is 5.80. The number of ether oxygens (including phenoxy) is 1. The van der Waals surface area contributed by atoms with Crippen molar-refractivity contribution in [2.75, 3.05) is 13.2 Å². The van der Waals surface area contributed by atoms with Crippen molar-refractivity contribution in [3.8, 4) is 17.6 Å². The van der Waals surface area contributed by atoms with Gasteiger partial charge in [-0.1, -0.05) is 84.8 Å². The van der Waals surface area contributed by atoms with Crippen LogP contribution in [-0.4, -0.2) is 19.1 Å². The molecule has 1 saturated carbocycles. The molecule has 152 valence electrons. The van der Waals surface area contributed by atoms with E-state index in [9.17, 15) is 4.79 Å². The number of hydrogen-bond acceptors (Lipinski definition) is 2. The summed E-state index contributed by atoms with van der Waals surface area (Å²) in [7, 11) is 0. The van der Waals surface area contributed by atoms with Crippen LogP contribution in [-0.2, 0) is 10.2 Å². The number of rotatable bonds is 5. The van der Waals surface area contributed by atoms with Gasteiger partial charge in [0.15, 0.2) is 0 Å². The molecule has 4 heteroatoms. The van der Waals surface area contributed by atoms with Crippen molar-refractivity contribution in [3.05, 3.63) is 77.3 Å².